The van der Waals surface area contributed by atoms with Crippen LogP contribution in [0.15, 0.2) is 0 Å². The van der Waals surface area contributed by atoms with Crippen molar-refractivity contribution in [2.45, 2.75) is 98.5 Å². The smallest absolute Gasteiger partial charge is 0.141 e. The molecule has 0 N–H and O–H groups in total. The first-order valence-electron chi connectivity index (χ1n) is 12.6. The first-order valence-corrected chi connectivity index (χ1v) is 12.6. The number of fused-ring (bicyclic) bond motifs is 2. The second-order valence-corrected chi connectivity index (χ2v) is 13.0. The van der Waals surface area contributed by atoms with Crippen LogP contribution >= 0.6 is 0 Å². The van der Waals surface area contributed by atoms with Crippen molar-refractivity contribution in [1.82, 2.24) is 0 Å². The van der Waals surface area contributed by atoms with Gasteiger partial charge in [0.2, 0.25) is 0 Å². The van der Waals surface area contributed by atoms with Crippen LogP contribution in [-0.4, -0.2) is 29.6 Å². The molecule has 5 fully saturated rings. The Morgan fingerprint density at radius 2 is 1.77 bits per heavy atom. The van der Waals surface area contributed by atoms with Gasteiger partial charge in [0.1, 0.15) is 17.3 Å². The lowest BCUT2D eigenvalue weighted by Crippen LogP contribution is -2.68. The Hall–Kier alpha value is -1.03. The van der Waals surface area contributed by atoms with Crippen molar-refractivity contribution in [1.29, 1.82) is 0 Å². The Morgan fingerprint density at radius 1 is 1.06 bits per heavy atom. The SMILES string of the molecule is CC(=O)C[C@@H](C)[C@H]1CC[C@@]2(C)[C@@H]3C(=O)C[C@@]45OC[C@]3(CC[C@]12C)[C@@H]4CCC(=O)C5(C)C. The number of hydrogen-bond donors (Lipinski definition) is 0. The van der Waals surface area contributed by atoms with Gasteiger partial charge in [0.25, 0.3) is 0 Å². The fraction of sp³-hybridized carbons (Fsp3) is 0.889. The molecule has 8 atom stereocenters. The highest BCUT2D eigenvalue weighted by molar-refractivity contribution is 5.92. The molecule has 2 bridgehead atoms. The summed E-state index contributed by atoms with van der Waals surface area (Å²) in [5.74, 6) is 2.08. The van der Waals surface area contributed by atoms with Crippen molar-refractivity contribution < 1.29 is 19.1 Å². The minimum Gasteiger partial charge on any atom is -0.373 e. The summed E-state index contributed by atoms with van der Waals surface area (Å²) >= 11 is 0. The molecule has 31 heavy (non-hydrogen) atoms. The number of rotatable bonds is 3. The molecular formula is C27H40O4. The number of carbonyl (C=O) groups is 3. The molecule has 0 aromatic carbocycles. The van der Waals surface area contributed by atoms with E-state index in [0.29, 0.717) is 49.4 Å². The highest BCUT2D eigenvalue weighted by Crippen LogP contribution is 2.77. The van der Waals surface area contributed by atoms with Crippen LogP contribution in [-0.2, 0) is 19.1 Å². The number of ether oxygens (including phenoxy) is 1. The molecule has 0 unspecified atom stereocenters. The zero-order valence-electron chi connectivity index (χ0n) is 20.3. The topological polar surface area (TPSA) is 60.4 Å². The average Bonchev–Trinajstić information content (AvgIpc) is 3.07. The third-order valence-electron chi connectivity index (χ3n) is 11.7. The van der Waals surface area contributed by atoms with Crippen LogP contribution in [0.1, 0.15) is 92.9 Å². The number of carbonyl (C=O) groups excluding carboxylic acids is 3. The second kappa shape index (κ2) is 6.30. The summed E-state index contributed by atoms with van der Waals surface area (Å²) in [4.78, 5) is 38.8. The Kier molecular flexibility index (Phi) is 4.43. The van der Waals surface area contributed by atoms with Crippen LogP contribution in [0.3, 0.4) is 0 Å². The van der Waals surface area contributed by atoms with Gasteiger partial charge in [0.05, 0.1) is 17.6 Å². The Balaban J connectivity index is 1.57. The monoisotopic (exact) mass is 428 g/mol. The van der Waals surface area contributed by atoms with E-state index >= 15 is 0 Å². The Labute approximate surface area is 187 Å². The van der Waals surface area contributed by atoms with Crippen LogP contribution in [0, 0.1) is 45.3 Å². The zero-order chi connectivity index (χ0) is 22.6. The highest BCUT2D eigenvalue weighted by Gasteiger charge is 2.79. The molecule has 4 saturated carbocycles. The molecule has 0 aromatic heterocycles. The van der Waals surface area contributed by atoms with Gasteiger partial charge in [-0.15, -0.1) is 0 Å². The van der Waals surface area contributed by atoms with Gasteiger partial charge in [-0.05, 0) is 67.6 Å². The summed E-state index contributed by atoms with van der Waals surface area (Å²) in [7, 11) is 0. The lowest BCUT2D eigenvalue weighted by molar-refractivity contribution is -0.193. The summed E-state index contributed by atoms with van der Waals surface area (Å²) < 4.78 is 6.65. The van der Waals surface area contributed by atoms with E-state index in [1.807, 2.05) is 13.8 Å². The number of Topliss-reactive ketones (excluding diaryl/α,β-unsaturated/α-hetero) is 3. The first-order chi connectivity index (χ1) is 14.4. The maximum absolute atomic E-state index is 14.0. The van der Waals surface area contributed by atoms with E-state index in [4.69, 9.17) is 4.74 Å². The lowest BCUT2D eigenvalue weighted by atomic mass is 9.36. The molecule has 4 nitrogen and oxygen atoms in total. The molecule has 4 heteroatoms. The molecular weight excluding hydrogens is 388 g/mol. The van der Waals surface area contributed by atoms with Crippen molar-refractivity contribution >= 4 is 17.3 Å². The van der Waals surface area contributed by atoms with Crippen LogP contribution in [0.5, 0.6) is 0 Å². The van der Waals surface area contributed by atoms with Crippen LogP contribution in [0.4, 0.5) is 0 Å². The van der Waals surface area contributed by atoms with E-state index in [-0.39, 0.29) is 33.7 Å². The molecule has 5 rings (SSSR count). The molecule has 1 spiro atoms. The molecule has 0 aromatic rings. The molecule has 1 aliphatic heterocycles. The Morgan fingerprint density at radius 3 is 2.45 bits per heavy atom. The molecule has 0 radical (unpaired) electrons. The fourth-order valence-electron chi connectivity index (χ4n) is 10.1. The van der Waals surface area contributed by atoms with Crippen molar-refractivity contribution in [2.75, 3.05) is 6.61 Å². The van der Waals surface area contributed by atoms with E-state index in [1.54, 1.807) is 6.92 Å². The van der Waals surface area contributed by atoms with Crippen molar-refractivity contribution in [2.24, 2.45) is 45.3 Å². The van der Waals surface area contributed by atoms with Crippen LogP contribution in [0.2, 0.25) is 0 Å². The standard InChI is InChI=1S/C27H40O4/c1-16(13-17(2)28)18-9-10-25(6)22-19(29)14-27-20(7-8-21(30)23(27,3)4)26(22,15-31-27)12-11-24(18,25)5/h16,18,20,22H,7-15H2,1-6H3/t16-,18-,20+,22+,24-,25+,26-,27-/m1/s1. The van der Waals surface area contributed by atoms with E-state index in [9.17, 15) is 14.4 Å². The predicted octanol–water partition coefficient (Wildman–Crippen LogP) is 5.17. The van der Waals surface area contributed by atoms with Gasteiger partial charge in [-0.2, -0.15) is 0 Å². The Bertz CT molecular complexity index is 859. The fourth-order valence-corrected chi connectivity index (χ4v) is 10.1. The van der Waals surface area contributed by atoms with Gasteiger partial charge in [0, 0.05) is 30.6 Å². The summed E-state index contributed by atoms with van der Waals surface area (Å²) in [6.45, 7) is 13.5. The molecule has 5 aliphatic rings. The van der Waals surface area contributed by atoms with E-state index in [2.05, 4.69) is 20.8 Å². The van der Waals surface area contributed by atoms with Gasteiger partial charge in [-0.1, -0.05) is 34.6 Å². The quantitative estimate of drug-likeness (QED) is 0.622. The summed E-state index contributed by atoms with van der Waals surface area (Å²) in [6.07, 6.45) is 6.85. The van der Waals surface area contributed by atoms with Gasteiger partial charge in [0.15, 0.2) is 0 Å². The lowest BCUT2D eigenvalue weighted by Gasteiger charge is -2.65. The van der Waals surface area contributed by atoms with Crippen LogP contribution < -0.4 is 0 Å². The largest absolute Gasteiger partial charge is 0.373 e. The molecule has 4 aliphatic carbocycles. The highest BCUT2D eigenvalue weighted by atomic mass is 16.5. The maximum Gasteiger partial charge on any atom is 0.141 e. The average molecular weight is 429 g/mol. The van der Waals surface area contributed by atoms with Gasteiger partial charge < -0.3 is 9.53 Å². The van der Waals surface area contributed by atoms with E-state index in [1.165, 1.54) is 0 Å². The minimum atomic E-state index is -0.597. The molecule has 0 amide bonds. The minimum absolute atomic E-state index is 0.0258. The van der Waals surface area contributed by atoms with Gasteiger partial charge in [-0.25, -0.2) is 0 Å². The summed E-state index contributed by atoms with van der Waals surface area (Å²) in [5, 5.41) is 0. The van der Waals surface area contributed by atoms with Crippen molar-refractivity contribution in [3.63, 3.8) is 0 Å². The molecule has 1 saturated heterocycles. The third kappa shape index (κ3) is 2.34. The number of hydrogen-bond acceptors (Lipinski definition) is 4. The normalized spacial score (nSPS) is 51.1. The van der Waals surface area contributed by atoms with Gasteiger partial charge >= 0.3 is 0 Å². The van der Waals surface area contributed by atoms with E-state index in [0.717, 1.165) is 32.1 Å². The van der Waals surface area contributed by atoms with Crippen LogP contribution in [0.25, 0.3) is 0 Å². The van der Waals surface area contributed by atoms with Crippen molar-refractivity contribution in [3.05, 3.63) is 0 Å². The molecule has 172 valence electrons. The summed E-state index contributed by atoms with van der Waals surface area (Å²) in [6, 6.07) is 0. The summed E-state index contributed by atoms with van der Waals surface area (Å²) in [5.41, 5.74) is -1.27. The zero-order valence-corrected chi connectivity index (χ0v) is 20.3. The predicted molar refractivity (Wildman–Crippen MR) is 118 cm³/mol. The third-order valence-corrected chi connectivity index (χ3v) is 11.7. The van der Waals surface area contributed by atoms with E-state index < -0.39 is 11.0 Å². The number of ketones is 3. The van der Waals surface area contributed by atoms with Gasteiger partial charge in [-0.3, -0.25) is 9.59 Å². The molecule has 1 heterocycles. The van der Waals surface area contributed by atoms with Crippen molar-refractivity contribution in [3.8, 4) is 0 Å². The first kappa shape index (κ1) is 21.8. The second-order valence-electron chi connectivity index (χ2n) is 13.0. The maximum atomic E-state index is 14.0.